The van der Waals surface area contributed by atoms with E-state index in [4.69, 9.17) is 18.9 Å². The molecule has 0 spiro atoms. The van der Waals surface area contributed by atoms with Crippen LogP contribution in [0.25, 0.3) is 11.1 Å². The van der Waals surface area contributed by atoms with Gasteiger partial charge in [0.25, 0.3) is 0 Å². The predicted octanol–water partition coefficient (Wildman–Crippen LogP) is 9.27. The van der Waals surface area contributed by atoms with Crippen LogP contribution in [-0.2, 0) is 27.7 Å². The Balaban J connectivity index is 0.985. The number of hydrogen-bond donors (Lipinski definition) is 0. The van der Waals surface area contributed by atoms with Crippen LogP contribution in [0.1, 0.15) is 106 Å². The van der Waals surface area contributed by atoms with E-state index in [0.717, 1.165) is 98.0 Å². The molecule has 0 radical (unpaired) electrons. The lowest BCUT2D eigenvalue weighted by atomic mass is 9.82. The Bertz CT molecular complexity index is 1740. The van der Waals surface area contributed by atoms with Crippen molar-refractivity contribution in [1.29, 1.82) is 0 Å². The molecule has 6 nitrogen and oxygen atoms in total. The fourth-order valence-corrected chi connectivity index (χ4v) is 7.21. The summed E-state index contributed by atoms with van der Waals surface area (Å²) >= 11 is 0. The lowest BCUT2D eigenvalue weighted by Gasteiger charge is -2.22. The number of benzene rings is 4. The molecule has 7 rings (SSSR count). The molecular weight excluding hydrogens is 612 g/mol. The lowest BCUT2D eigenvalue weighted by Crippen LogP contribution is -2.16. The number of carbonyl (C=O) groups is 2. The van der Waals surface area contributed by atoms with E-state index in [1.807, 2.05) is 60.7 Å². The molecule has 49 heavy (non-hydrogen) atoms. The summed E-state index contributed by atoms with van der Waals surface area (Å²) in [5.41, 5.74) is 9.76. The molecule has 0 amide bonds. The molecule has 3 aliphatic rings. The van der Waals surface area contributed by atoms with Gasteiger partial charge < -0.3 is 18.9 Å². The lowest BCUT2D eigenvalue weighted by molar-refractivity contribution is 0.0725. The molecule has 4 aromatic rings. The van der Waals surface area contributed by atoms with E-state index in [1.165, 1.54) is 11.1 Å². The third kappa shape index (κ3) is 7.66. The fourth-order valence-electron chi connectivity index (χ4n) is 7.21. The van der Waals surface area contributed by atoms with Crippen molar-refractivity contribution in [3.8, 4) is 22.6 Å². The van der Waals surface area contributed by atoms with Gasteiger partial charge in [0.15, 0.2) is 0 Å². The molecule has 6 heteroatoms. The fraction of sp³-hybridized carbons (Fsp3) is 0.395. The number of epoxide rings is 2. The van der Waals surface area contributed by atoms with Gasteiger partial charge in [-0.1, -0.05) is 51.0 Å². The summed E-state index contributed by atoms with van der Waals surface area (Å²) < 4.78 is 22.4. The van der Waals surface area contributed by atoms with Crippen LogP contribution in [0.5, 0.6) is 11.5 Å². The van der Waals surface area contributed by atoms with Crippen molar-refractivity contribution in [1.82, 2.24) is 0 Å². The van der Waals surface area contributed by atoms with Gasteiger partial charge in [-0.25, -0.2) is 9.59 Å². The predicted molar refractivity (Wildman–Crippen MR) is 191 cm³/mol. The molecule has 2 atom stereocenters. The molecule has 1 aliphatic carbocycles. The first-order valence-electron chi connectivity index (χ1n) is 17.8. The monoisotopic (exact) mass is 658 g/mol. The Morgan fingerprint density at radius 2 is 1.06 bits per heavy atom. The van der Waals surface area contributed by atoms with Gasteiger partial charge in [0, 0.05) is 5.41 Å². The van der Waals surface area contributed by atoms with Crippen LogP contribution in [0.2, 0.25) is 0 Å². The minimum Gasteiger partial charge on any atom is -0.423 e. The van der Waals surface area contributed by atoms with Crippen molar-refractivity contribution < 1.29 is 28.5 Å². The summed E-state index contributed by atoms with van der Waals surface area (Å²) in [5.74, 6) is 0.289. The standard InChI is InChI=1S/C43H46O6/c1-27-21-31(15-13-29(27)9-5-7-11-35-25-46-35)41(44)48-33-17-19-37-38-20-18-34(24-40(38)43(3,4)39(37)23-33)49-42(45)32-16-14-30(28(2)22-32)10-6-8-12-36-26-47-36/h13-24,35-36H,5-12,25-26H2,1-4H3. The molecule has 2 fully saturated rings. The Morgan fingerprint density at radius 3 is 1.45 bits per heavy atom. The van der Waals surface area contributed by atoms with E-state index >= 15 is 0 Å². The van der Waals surface area contributed by atoms with Crippen molar-refractivity contribution in [2.24, 2.45) is 0 Å². The highest BCUT2D eigenvalue weighted by Gasteiger charge is 2.36. The zero-order chi connectivity index (χ0) is 34.1. The van der Waals surface area contributed by atoms with E-state index in [9.17, 15) is 9.59 Å². The topological polar surface area (TPSA) is 77.7 Å². The van der Waals surface area contributed by atoms with Gasteiger partial charge in [-0.2, -0.15) is 0 Å². The highest BCUT2D eigenvalue weighted by atomic mass is 16.6. The number of esters is 2. The van der Waals surface area contributed by atoms with Crippen molar-refractivity contribution in [3.63, 3.8) is 0 Å². The van der Waals surface area contributed by atoms with Crippen LogP contribution in [0, 0.1) is 13.8 Å². The van der Waals surface area contributed by atoms with Crippen LogP contribution in [0.3, 0.4) is 0 Å². The number of hydrogen-bond acceptors (Lipinski definition) is 6. The van der Waals surface area contributed by atoms with Crippen molar-refractivity contribution in [2.75, 3.05) is 13.2 Å². The molecule has 254 valence electrons. The van der Waals surface area contributed by atoms with Gasteiger partial charge in [0.2, 0.25) is 0 Å². The summed E-state index contributed by atoms with van der Waals surface area (Å²) in [4.78, 5) is 26.4. The van der Waals surface area contributed by atoms with Crippen molar-refractivity contribution in [3.05, 3.63) is 117 Å². The summed E-state index contributed by atoms with van der Waals surface area (Å²) in [6.45, 7) is 10.2. The molecule has 0 aromatic heterocycles. The molecule has 4 aromatic carbocycles. The van der Waals surface area contributed by atoms with Crippen molar-refractivity contribution in [2.45, 2.75) is 96.7 Å². The Hall–Kier alpha value is -4.26. The number of rotatable bonds is 14. The minimum atomic E-state index is -0.386. The molecule has 2 aliphatic heterocycles. The molecule has 2 saturated heterocycles. The average Bonchev–Trinajstić information content (AvgIpc) is 4.03. The zero-order valence-electron chi connectivity index (χ0n) is 29.1. The van der Waals surface area contributed by atoms with Crippen LogP contribution < -0.4 is 9.47 Å². The number of ether oxygens (including phenoxy) is 4. The summed E-state index contributed by atoms with van der Waals surface area (Å²) in [6.07, 6.45) is 9.77. The molecular formula is C43H46O6. The highest BCUT2D eigenvalue weighted by molar-refractivity contribution is 5.93. The highest BCUT2D eigenvalue weighted by Crippen LogP contribution is 2.50. The van der Waals surface area contributed by atoms with Crippen LogP contribution in [-0.4, -0.2) is 37.4 Å². The van der Waals surface area contributed by atoms with Gasteiger partial charge in [0.1, 0.15) is 11.5 Å². The van der Waals surface area contributed by atoms with Crippen molar-refractivity contribution >= 4 is 11.9 Å². The van der Waals surface area contributed by atoms with Crippen LogP contribution in [0.15, 0.2) is 72.8 Å². The third-order valence-corrected chi connectivity index (χ3v) is 10.4. The summed E-state index contributed by atoms with van der Waals surface area (Å²) in [6, 6.07) is 23.4. The van der Waals surface area contributed by atoms with E-state index in [2.05, 4.69) is 39.8 Å². The second kappa shape index (κ2) is 13.9. The van der Waals surface area contributed by atoms with E-state index in [0.29, 0.717) is 34.8 Å². The van der Waals surface area contributed by atoms with E-state index in [1.54, 1.807) is 0 Å². The van der Waals surface area contributed by atoms with Gasteiger partial charge in [-0.15, -0.1) is 0 Å². The maximum absolute atomic E-state index is 13.2. The third-order valence-electron chi connectivity index (χ3n) is 10.4. The number of fused-ring (bicyclic) bond motifs is 3. The molecule has 0 bridgehead atoms. The maximum Gasteiger partial charge on any atom is 0.343 e. The molecule has 0 saturated carbocycles. The van der Waals surface area contributed by atoms with Gasteiger partial charge >= 0.3 is 11.9 Å². The first-order chi connectivity index (χ1) is 23.7. The molecule has 0 N–H and O–H groups in total. The first-order valence-corrected chi connectivity index (χ1v) is 17.8. The average molecular weight is 659 g/mol. The molecule has 2 heterocycles. The first kappa shape index (κ1) is 33.2. The second-order valence-corrected chi connectivity index (χ2v) is 14.5. The number of carbonyl (C=O) groups excluding carboxylic acids is 2. The smallest absolute Gasteiger partial charge is 0.343 e. The zero-order valence-corrected chi connectivity index (χ0v) is 29.1. The van der Waals surface area contributed by atoms with Gasteiger partial charge in [0.05, 0.1) is 36.5 Å². The normalized spacial score (nSPS) is 18.0. The van der Waals surface area contributed by atoms with Crippen LogP contribution >= 0.6 is 0 Å². The van der Waals surface area contributed by atoms with E-state index in [-0.39, 0.29) is 17.4 Å². The second-order valence-electron chi connectivity index (χ2n) is 14.5. The van der Waals surface area contributed by atoms with Gasteiger partial charge in [-0.3, -0.25) is 0 Å². The van der Waals surface area contributed by atoms with E-state index < -0.39 is 0 Å². The summed E-state index contributed by atoms with van der Waals surface area (Å²) in [7, 11) is 0. The van der Waals surface area contributed by atoms with Crippen LogP contribution in [0.4, 0.5) is 0 Å². The Kier molecular flexibility index (Phi) is 9.45. The SMILES string of the molecule is Cc1cc(C(=O)Oc2ccc3c(c2)C(C)(C)c2cc(OC(=O)c4ccc(CCCCC5CO5)c(C)c4)ccc2-3)ccc1CCCCC1CO1. The summed E-state index contributed by atoms with van der Waals surface area (Å²) in [5, 5.41) is 0. The largest absolute Gasteiger partial charge is 0.423 e. The maximum atomic E-state index is 13.2. The molecule has 2 unspecified atom stereocenters. The number of aryl methyl sites for hydroxylation is 4. The van der Waals surface area contributed by atoms with Gasteiger partial charge in [-0.05, 0) is 145 Å². The Labute approximate surface area is 289 Å². The minimum absolute atomic E-state index is 0.366. The number of unbranched alkanes of at least 4 members (excludes halogenated alkanes) is 2. The Morgan fingerprint density at radius 1 is 0.633 bits per heavy atom. The quantitative estimate of drug-likeness (QED) is 0.0582.